The van der Waals surface area contributed by atoms with Gasteiger partial charge in [0.15, 0.2) is 0 Å². The fourth-order valence-corrected chi connectivity index (χ4v) is 2.93. The van der Waals surface area contributed by atoms with Gasteiger partial charge in [0.1, 0.15) is 6.04 Å². The molecule has 6 heteroatoms. The quantitative estimate of drug-likeness (QED) is 0.756. The maximum Gasteiger partial charge on any atom is 0.326 e. The van der Waals surface area contributed by atoms with E-state index in [2.05, 4.69) is 5.32 Å². The average molecular weight is 270 g/mol. The van der Waals surface area contributed by atoms with Gasteiger partial charge in [0, 0.05) is 26.5 Å². The number of nitrogens with one attached hydrogen (secondary N) is 1. The second-order valence-corrected chi connectivity index (χ2v) is 5.39. The fraction of sp³-hybridized carbons (Fsp3) is 0.846. The molecule has 0 radical (unpaired) electrons. The zero-order valence-corrected chi connectivity index (χ0v) is 11.3. The number of hydrogen-bond donors (Lipinski definition) is 2. The van der Waals surface area contributed by atoms with Crippen molar-refractivity contribution in [3.05, 3.63) is 0 Å². The highest BCUT2D eigenvalue weighted by atomic mass is 16.5. The van der Waals surface area contributed by atoms with Gasteiger partial charge in [-0.15, -0.1) is 0 Å². The summed E-state index contributed by atoms with van der Waals surface area (Å²) in [5.74, 6) is -0.596. The number of hydrogen-bond acceptors (Lipinski definition) is 4. The lowest BCUT2D eigenvalue weighted by molar-refractivity contribution is -0.148. The zero-order chi connectivity index (χ0) is 13.8. The van der Waals surface area contributed by atoms with Gasteiger partial charge in [-0.05, 0) is 31.8 Å². The average Bonchev–Trinajstić information content (AvgIpc) is 2.84. The number of carboxylic acid groups (broad SMARTS) is 1. The topological polar surface area (TPSA) is 78.9 Å². The Balaban J connectivity index is 1.94. The lowest BCUT2D eigenvalue weighted by Gasteiger charge is -2.26. The lowest BCUT2D eigenvalue weighted by atomic mass is 9.94. The Labute approximate surface area is 113 Å². The van der Waals surface area contributed by atoms with Gasteiger partial charge in [-0.25, -0.2) is 4.79 Å². The number of nitrogens with zero attached hydrogens (tertiary/aromatic N) is 1. The van der Waals surface area contributed by atoms with E-state index in [0.717, 1.165) is 25.9 Å². The Morgan fingerprint density at radius 3 is 2.63 bits per heavy atom. The van der Waals surface area contributed by atoms with Crippen LogP contribution in [0, 0.1) is 5.92 Å². The van der Waals surface area contributed by atoms with Crippen LogP contribution in [0.4, 0.5) is 0 Å². The molecular weight excluding hydrogens is 248 g/mol. The molecule has 6 nitrogen and oxygen atoms in total. The van der Waals surface area contributed by atoms with Gasteiger partial charge in [-0.3, -0.25) is 4.79 Å². The van der Waals surface area contributed by atoms with Gasteiger partial charge >= 0.3 is 5.97 Å². The molecular formula is C13H22N2O4. The second-order valence-electron chi connectivity index (χ2n) is 5.39. The minimum absolute atomic E-state index is 0.0427. The first-order chi connectivity index (χ1) is 9.11. The smallest absolute Gasteiger partial charge is 0.326 e. The molecule has 0 aromatic carbocycles. The van der Waals surface area contributed by atoms with Crippen molar-refractivity contribution >= 4 is 11.9 Å². The largest absolute Gasteiger partial charge is 0.480 e. The van der Waals surface area contributed by atoms with Crippen LogP contribution in [0.5, 0.6) is 0 Å². The maximum atomic E-state index is 12.3. The number of carbonyl (C=O) groups is 2. The van der Waals surface area contributed by atoms with Gasteiger partial charge < -0.3 is 20.1 Å². The minimum atomic E-state index is -0.932. The molecule has 1 amide bonds. The van der Waals surface area contributed by atoms with Crippen LogP contribution >= 0.6 is 0 Å². The summed E-state index contributed by atoms with van der Waals surface area (Å²) in [5.41, 5.74) is 0. The van der Waals surface area contributed by atoms with Gasteiger partial charge in [0.2, 0.25) is 5.91 Å². The zero-order valence-electron chi connectivity index (χ0n) is 11.3. The summed E-state index contributed by atoms with van der Waals surface area (Å²) in [6, 6.07) is -0.723. The van der Waals surface area contributed by atoms with Crippen LogP contribution in [0.25, 0.3) is 0 Å². The van der Waals surface area contributed by atoms with E-state index in [9.17, 15) is 14.7 Å². The van der Waals surface area contributed by atoms with Gasteiger partial charge in [0.25, 0.3) is 0 Å². The number of aliphatic carboxylic acids is 1. The summed E-state index contributed by atoms with van der Waals surface area (Å²) < 4.78 is 5.19. The summed E-state index contributed by atoms with van der Waals surface area (Å²) in [6.45, 7) is 2.29. The number of rotatable bonds is 4. The first-order valence-electron chi connectivity index (χ1n) is 6.87. The van der Waals surface area contributed by atoms with Crippen molar-refractivity contribution in [1.29, 1.82) is 0 Å². The van der Waals surface area contributed by atoms with E-state index < -0.39 is 12.0 Å². The lowest BCUT2D eigenvalue weighted by Crippen LogP contribution is -2.42. The molecule has 2 heterocycles. The van der Waals surface area contributed by atoms with Crippen LogP contribution in [0.3, 0.4) is 0 Å². The highest BCUT2D eigenvalue weighted by molar-refractivity contribution is 5.84. The number of amides is 1. The van der Waals surface area contributed by atoms with Crippen LogP contribution in [0.2, 0.25) is 0 Å². The van der Waals surface area contributed by atoms with E-state index in [-0.39, 0.29) is 12.0 Å². The third-order valence-corrected chi connectivity index (χ3v) is 4.12. The van der Waals surface area contributed by atoms with Crippen molar-refractivity contribution in [1.82, 2.24) is 10.2 Å². The number of likely N-dealkylation sites (tertiary alicyclic amines) is 1. The Morgan fingerprint density at radius 2 is 2.05 bits per heavy atom. The Bertz CT molecular complexity index is 342. The number of methoxy groups -OCH3 is 1. The number of ether oxygens (including phenoxy) is 1. The van der Waals surface area contributed by atoms with E-state index in [1.165, 1.54) is 4.90 Å². The van der Waals surface area contributed by atoms with Crippen molar-refractivity contribution < 1.29 is 19.4 Å². The molecule has 2 saturated heterocycles. The molecule has 0 bridgehead atoms. The number of carbonyl (C=O) groups excluding carboxylic acids is 1. The van der Waals surface area contributed by atoms with E-state index >= 15 is 0 Å². The molecule has 2 aliphatic heterocycles. The fourth-order valence-electron chi connectivity index (χ4n) is 2.93. The van der Waals surface area contributed by atoms with Crippen molar-refractivity contribution in [2.45, 2.75) is 37.8 Å². The summed E-state index contributed by atoms with van der Waals surface area (Å²) in [5, 5.41) is 12.5. The van der Waals surface area contributed by atoms with Crippen molar-refractivity contribution in [3.63, 3.8) is 0 Å². The summed E-state index contributed by atoms with van der Waals surface area (Å²) in [4.78, 5) is 25.0. The first-order valence-corrected chi connectivity index (χ1v) is 6.87. The Hall–Kier alpha value is -1.14. The SMILES string of the molecule is COC1CC(C(=O)O)N(C(=O)CC2CCNCC2)C1. The monoisotopic (exact) mass is 270 g/mol. The number of carboxylic acids is 1. The minimum Gasteiger partial charge on any atom is -0.480 e. The molecule has 0 aromatic heterocycles. The molecule has 2 atom stereocenters. The molecule has 2 aliphatic rings. The summed E-state index contributed by atoms with van der Waals surface area (Å²) in [7, 11) is 1.56. The second kappa shape index (κ2) is 6.34. The first kappa shape index (κ1) is 14.3. The standard InChI is InChI=1S/C13H22N2O4/c1-19-10-7-11(13(17)18)15(8-10)12(16)6-9-2-4-14-5-3-9/h9-11,14H,2-8H2,1H3,(H,17,18). The van der Waals surface area contributed by atoms with Crippen LogP contribution < -0.4 is 5.32 Å². The molecule has 0 saturated carbocycles. The predicted molar refractivity (Wildman–Crippen MR) is 68.8 cm³/mol. The van der Waals surface area contributed by atoms with Crippen LogP contribution in [-0.4, -0.2) is 60.8 Å². The summed E-state index contributed by atoms with van der Waals surface area (Å²) >= 11 is 0. The van der Waals surface area contributed by atoms with E-state index in [0.29, 0.717) is 25.3 Å². The maximum absolute atomic E-state index is 12.3. The Morgan fingerprint density at radius 1 is 1.37 bits per heavy atom. The third kappa shape index (κ3) is 3.45. The summed E-state index contributed by atoms with van der Waals surface area (Å²) in [6.07, 6.45) is 2.68. The van der Waals surface area contributed by atoms with Crippen LogP contribution in [-0.2, 0) is 14.3 Å². The van der Waals surface area contributed by atoms with Gasteiger partial charge in [-0.2, -0.15) is 0 Å². The normalized spacial score (nSPS) is 28.6. The van der Waals surface area contributed by atoms with Crippen molar-refractivity contribution in [2.24, 2.45) is 5.92 Å². The number of piperidine rings is 1. The van der Waals surface area contributed by atoms with Gasteiger partial charge in [0.05, 0.1) is 6.10 Å². The molecule has 2 rings (SSSR count). The molecule has 0 aromatic rings. The van der Waals surface area contributed by atoms with E-state index in [1.54, 1.807) is 7.11 Å². The molecule has 108 valence electrons. The molecule has 2 N–H and O–H groups in total. The highest BCUT2D eigenvalue weighted by Gasteiger charge is 2.40. The molecule has 19 heavy (non-hydrogen) atoms. The van der Waals surface area contributed by atoms with Gasteiger partial charge in [-0.1, -0.05) is 0 Å². The predicted octanol–water partition coefficient (Wildman–Crippen LogP) is 0.0766. The molecule has 2 unspecified atom stereocenters. The van der Waals surface area contributed by atoms with E-state index in [4.69, 9.17) is 4.74 Å². The van der Waals surface area contributed by atoms with E-state index in [1.807, 2.05) is 0 Å². The molecule has 0 aliphatic carbocycles. The molecule has 0 spiro atoms. The molecule has 2 fully saturated rings. The third-order valence-electron chi connectivity index (χ3n) is 4.12. The highest BCUT2D eigenvalue weighted by Crippen LogP contribution is 2.24. The van der Waals surface area contributed by atoms with Crippen molar-refractivity contribution in [2.75, 3.05) is 26.7 Å². The van der Waals surface area contributed by atoms with Crippen LogP contribution in [0.15, 0.2) is 0 Å². The van der Waals surface area contributed by atoms with Crippen LogP contribution in [0.1, 0.15) is 25.7 Å². The van der Waals surface area contributed by atoms with Crippen molar-refractivity contribution in [3.8, 4) is 0 Å². The Kier molecular flexibility index (Phi) is 4.76.